The first-order chi connectivity index (χ1) is 4.81. The summed E-state index contributed by atoms with van der Waals surface area (Å²) < 4.78 is 0. The van der Waals surface area contributed by atoms with E-state index in [2.05, 4.69) is 0 Å². The number of hydrogen-bond donors (Lipinski definition) is 2. The molecule has 0 amide bonds. The van der Waals surface area contributed by atoms with Gasteiger partial charge in [0.05, 0.1) is 0 Å². The molecule has 0 spiro atoms. The molecule has 0 unspecified atom stereocenters. The second-order valence-electron chi connectivity index (χ2n) is 2.56. The lowest BCUT2D eigenvalue weighted by atomic mass is 10.1. The molecule has 0 rings (SSSR count). The van der Waals surface area contributed by atoms with Gasteiger partial charge in [-0.1, -0.05) is 0 Å². The van der Waals surface area contributed by atoms with Crippen LogP contribution < -0.4 is 17.2 Å². The van der Waals surface area contributed by atoms with Crippen LogP contribution in [0.3, 0.4) is 0 Å². The molecule has 0 aliphatic carbocycles. The summed E-state index contributed by atoms with van der Waals surface area (Å²) in [5, 5.41) is 0. The minimum absolute atomic E-state index is 0.0621. The monoisotopic (exact) mass is 144 g/mol. The van der Waals surface area contributed by atoms with Crippen molar-refractivity contribution in [1.29, 1.82) is 0 Å². The van der Waals surface area contributed by atoms with E-state index in [0.29, 0.717) is 13.1 Å². The molecule has 0 aliphatic heterocycles. The van der Waals surface area contributed by atoms with Crippen molar-refractivity contribution >= 4 is 0 Å². The van der Waals surface area contributed by atoms with Crippen molar-refractivity contribution in [2.24, 2.45) is 11.5 Å². The van der Waals surface area contributed by atoms with E-state index in [9.17, 15) is 0 Å². The molecular weight excluding hydrogens is 126 g/mol. The Labute approximate surface area is 62.9 Å². The fourth-order valence-electron chi connectivity index (χ4n) is 0.873. The molecule has 0 fully saturated rings. The maximum absolute atomic E-state index is 7.47. The molecule has 0 aromatic heterocycles. The Hall–Kier alpha value is -0.120. The first kappa shape index (κ1) is 9.88. The second-order valence-corrected chi connectivity index (χ2v) is 2.56. The Bertz CT molecular complexity index is 57.9. The van der Waals surface area contributed by atoms with Gasteiger partial charge in [0, 0.05) is 6.04 Å². The van der Waals surface area contributed by atoms with Crippen LogP contribution in [0.25, 0.3) is 0 Å². The van der Waals surface area contributed by atoms with Crippen molar-refractivity contribution in [3.05, 3.63) is 0 Å². The molecule has 0 aromatic carbocycles. The predicted octanol–water partition coefficient (Wildman–Crippen LogP) is 0.116. The van der Waals surface area contributed by atoms with Crippen LogP contribution in [0.4, 0.5) is 0 Å². The van der Waals surface area contributed by atoms with Crippen molar-refractivity contribution in [2.75, 3.05) is 13.1 Å². The van der Waals surface area contributed by atoms with Crippen molar-refractivity contribution in [3.63, 3.8) is 0 Å². The minimum atomic E-state index is 0.0621. The average molecular weight is 144 g/mol. The van der Waals surface area contributed by atoms with E-state index >= 15 is 0 Å². The van der Waals surface area contributed by atoms with Crippen LogP contribution >= 0.6 is 0 Å². The normalized spacial score (nSPS) is 10.8. The van der Waals surface area contributed by atoms with Gasteiger partial charge in [0.2, 0.25) is 0 Å². The van der Waals surface area contributed by atoms with Gasteiger partial charge in [-0.2, -0.15) is 0 Å². The van der Waals surface area contributed by atoms with E-state index in [4.69, 9.17) is 17.2 Å². The van der Waals surface area contributed by atoms with Crippen LogP contribution in [0.1, 0.15) is 25.7 Å². The summed E-state index contributed by atoms with van der Waals surface area (Å²) >= 11 is 0. The maximum Gasteiger partial charge on any atom is 0.0214 e. The van der Waals surface area contributed by atoms with Gasteiger partial charge < -0.3 is 11.5 Å². The Morgan fingerprint density at radius 3 is 1.70 bits per heavy atom. The van der Waals surface area contributed by atoms with E-state index in [1.165, 1.54) is 0 Å². The zero-order valence-electron chi connectivity index (χ0n) is 6.47. The molecule has 3 heteroatoms. The van der Waals surface area contributed by atoms with Gasteiger partial charge in [-0.3, -0.25) is 5.73 Å². The lowest BCUT2D eigenvalue weighted by Crippen LogP contribution is -2.13. The van der Waals surface area contributed by atoms with Crippen LogP contribution in [0, 0.1) is 0 Å². The standard InChI is InChI=1S/C7H18N3/c8-5-1-3-7(10)4-2-6-9/h7,10H,1-6,8-9H2. The highest BCUT2D eigenvalue weighted by molar-refractivity contribution is 4.60. The Morgan fingerprint density at radius 1 is 1.00 bits per heavy atom. The SMILES string of the molecule is [NH]C(CCCN)CCCN. The van der Waals surface area contributed by atoms with Gasteiger partial charge >= 0.3 is 0 Å². The summed E-state index contributed by atoms with van der Waals surface area (Å²) in [5.41, 5.74) is 18.1. The fraction of sp³-hybridized carbons (Fsp3) is 1.00. The van der Waals surface area contributed by atoms with Gasteiger partial charge in [-0.15, -0.1) is 0 Å². The van der Waals surface area contributed by atoms with Crippen LogP contribution in [0.5, 0.6) is 0 Å². The minimum Gasteiger partial charge on any atom is -0.330 e. The van der Waals surface area contributed by atoms with Gasteiger partial charge in [0.1, 0.15) is 0 Å². The van der Waals surface area contributed by atoms with Crippen LogP contribution in [0.15, 0.2) is 0 Å². The maximum atomic E-state index is 7.47. The Balaban J connectivity index is 3.00. The number of hydrogen-bond acceptors (Lipinski definition) is 2. The van der Waals surface area contributed by atoms with E-state index in [1.807, 2.05) is 0 Å². The molecule has 5 N–H and O–H groups in total. The smallest absolute Gasteiger partial charge is 0.0214 e. The van der Waals surface area contributed by atoms with Crippen molar-refractivity contribution < 1.29 is 0 Å². The van der Waals surface area contributed by atoms with Crippen LogP contribution in [-0.2, 0) is 0 Å². The van der Waals surface area contributed by atoms with Crippen LogP contribution in [0.2, 0.25) is 0 Å². The quantitative estimate of drug-likeness (QED) is 0.555. The van der Waals surface area contributed by atoms with E-state index in [1.54, 1.807) is 0 Å². The van der Waals surface area contributed by atoms with E-state index < -0.39 is 0 Å². The molecular formula is C7H18N3. The third-order valence-corrected chi connectivity index (χ3v) is 1.51. The molecule has 0 saturated carbocycles. The fourth-order valence-corrected chi connectivity index (χ4v) is 0.873. The molecule has 61 valence electrons. The summed E-state index contributed by atoms with van der Waals surface area (Å²) in [7, 11) is 0. The lowest BCUT2D eigenvalue weighted by molar-refractivity contribution is 0.522. The topological polar surface area (TPSA) is 75.8 Å². The number of nitrogens with one attached hydrogen (secondary N) is 1. The third-order valence-electron chi connectivity index (χ3n) is 1.51. The van der Waals surface area contributed by atoms with Crippen LogP contribution in [-0.4, -0.2) is 19.1 Å². The summed E-state index contributed by atoms with van der Waals surface area (Å²) in [6.45, 7) is 1.41. The third kappa shape index (κ3) is 6.01. The number of rotatable bonds is 6. The summed E-state index contributed by atoms with van der Waals surface area (Å²) in [6.07, 6.45) is 3.80. The Morgan fingerprint density at radius 2 is 1.40 bits per heavy atom. The summed E-state index contributed by atoms with van der Waals surface area (Å²) in [6, 6.07) is 0.0621. The zero-order chi connectivity index (χ0) is 7.82. The second kappa shape index (κ2) is 6.99. The van der Waals surface area contributed by atoms with E-state index in [0.717, 1.165) is 25.7 Å². The van der Waals surface area contributed by atoms with Gasteiger partial charge in [0.25, 0.3) is 0 Å². The van der Waals surface area contributed by atoms with Gasteiger partial charge in [-0.05, 0) is 38.8 Å². The number of nitrogens with two attached hydrogens (primary N) is 2. The highest BCUT2D eigenvalue weighted by Crippen LogP contribution is 2.01. The zero-order valence-corrected chi connectivity index (χ0v) is 6.47. The molecule has 1 radical (unpaired) electrons. The summed E-state index contributed by atoms with van der Waals surface area (Å²) in [4.78, 5) is 0. The molecule has 10 heavy (non-hydrogen) atoms. The van der Waals surface area contributed by atoms with E-state index in [-0.39, 0.29) is 6.04 Å². The largest absolute Gasteiger partial charge is 0.330 e. The molecule has 0 aromatic rings. The Kier molecular flexibility index (Phi) is 6.91. The van der Waals surface area contributed by atoms with Crippen molar-refractivity contribution in [2.45, 2.75) is 31.7 Å². The highest BCUT2D eigenvalue weighted by atomic mass is 14.6. The molecule has 0 aliphatic rings. The molecule has 0 atom stereocenters. The molecule has 0 saturated heterocycles. The van der Waals surface area contributed by atoms with Crippen molar-refractivity contribution in [3.8, 4) is 0 Å². The molecule has 3 nitrogen and oxygen atoms in total. The first-order valence-corrected chi connectivity index (χ1v) is 3.92. The van der Waals surface area contributed by atoms with Gasteiger partial charge in [-0.25, -0.2) is 0 Å². The first-order valence-electron chi connectivity index (χ1n) is 3.92. The predicted molar refractivity (Wildman–Crippen MR) is 43.5 cm³/mol. The molecule has 0 bridgehead atoms. The van der Waals surface area contributed by atoms with Gasteiger partial charge in [0.15, 0.2) is 0 Å². The lowest BCUT2D eigenvalue weighted by Gasteiger charge is -2.07. The average Bonchev–Trinajstić information content (AvgIpc) is 1.97. The summed E-state index contributed by atoms with van der Waals surface area (Å²) in [5.74, 6) is 0. The molecule has 0 heterocycles. The highest BCUT2D eigenvalue weighted by Gasteiger charge is 2.00. The van der Waals surface area contributed by atoms with Crippen molar-refractivity contribution in [1.82, 2.24) is 5.73 Å².